The minimum absolute atomic E-state index is 0.0655. The summed E-state index contributed by atoms with van der Waals surface area (Å²) >= 11 is 5.96. The topological polar surface area (TPSA) is 46.9 Å². The number of aromatic nitrogens is 2. The van der Waals surface area contributed by atoms with Crippen molar-refractivity contribution in [2.24, 2.45) is 0 Å². The Labute approximate surface area is 152 Å². The number of aryl methyl sites for hydroxylation is 2. The van der Waals surface area contributed by atoms with Crippen LogP contribution in [0.15, 0.2) is 48.5 Å². The van der Waals surface area contributed by atoms with E-state index in [0.717, 1.165) is 33.9 Å². The van der Waals surface area contributed by atoms with Gasteiger partial charge < -0.3 is 5.32 Å². The number of anilines is 1. The highest BCUT2D eigenvalue weighted by atomic mass is 35.5. The van der Waals surface area contributed by atoms with Crippen LogP contribution in [0.2, 0.25) is 5.02 Å². The zero-order valence-electron chi connectivity index (χ0n) is 14.5. The van der Waals surface area contributed by atoms with Crippen molar-refractivity contribution in [3.8, 4) is 5.69 Å². The van der Waals surface area contributed by atoms with Gasteiger partial charge >= 0.3 is 0 Å². The number of nitrogens with zero attached hydrogens (tertiary/aromatic N) is 2. The van der Waals surface area contributed by atoms with Crippen LogP contribution in [0.3, 0.4) is 0 Å². The Morgan fingerprint density at radius 2 is 1.84 bits per heavy atom. The molecule has 0 bridgehead atoms. The highest BCUT2D eigenvalue weighted by molar-refractivity contribution is 6.30. The van der Waals surface area contributed by atoms with Gasteiger partial charge in [-0.2, -0.15) is 5.10 Å². The van der Waals surface area contributed by atoms with Crippen LogP contribution in [0.5, 0.6) is 0 Å². The summed E-state index contributed by atoms with van der Waals surface area (Å²) in [6, 6.07) is 15.3. The number of hydrogen-bond donors (Lipinski definition) is 1. The Morgan fingerprint density at radius 1 is 1.12 bits per heavy atom. The first kappa shape index (κ1) is 17.2. The van der Waals surface area contributed by atoms with Crippen LogP contribution >= 0.6 is 11.6 Å². The van der Waals surface area contributed by atoms with Gasteiger partial charge in [-0.3, -0.25) is 4.79 Å². The van der Waals surface area contributed by atoms with Crippen molar-refractivity contribution in [2.75, 3.05) is 5.32 Å². The van der Waals surface area contributed by atoms with E-state index in [1.807, 2.05) is 67.9 Å². The fourth-order valence-corrected chi connectivity index (χ4v) is 3.10. The molecule has 3 aromatic rings. The maximum absolute atomic E-state index is 12.5. The van der Waals surface area contributed by atoms with E-state index in [4.69, 9.17) is 11.6 Å². The van der Waals surface area contributed by atoms with Gasteiger partial charge in [0.15, 0.2) is 0 Å². The summed E-state index contributed by atoms with van der Waals surface area (Å²) in [7, 11) is 0. The van der Waals surface area contributed by atoms with Crippen LogP contribution in [0.25, 0.3) is 5.69 Å². The molecule has 0 aliphatic rings. The van der Waals surface area contributed by atoms with Gasteiger partial charge in [-0.25, -0.2) is 4.68 Å². The molecular weight excluding hydrogens is 334 g/mol. The molecule has 2 aromatic carbocycles. The van der Waals surface area contributed by atoms with Gasteiger partial charge in [0.25, 0.3) is 0 Å². The van der Waals surface area contributed by atoms with Crippen LogP contribution < -0.4 is 5.32 Å². The lowest BCUT2D eigenvalue weighted by molar-refractivity contribution is -0.115. The molecule has 25 heavy (non-hydrogen) atoms. The predicted octanol–water partition coefficient (Wildman–Crippen LogP) is 4.63. The molecule has 0 aliphatic heterocycles. The average molecular weight is 354 g/mol. The summed E-state index contributed by atoms with van der Waals surface area (Å²) in [5, 5.41) is 8.20. The molecule has 0 fully saturated rings. The number of nitrogens with one attached hydrogen (secondary N) is 1. The molecule has 0 atom stereocenters. The molecule has 1 heterocycles. The van der Waals surface area contributed by atoms with E-state index in [1.54, 1.807) is 6.07 Å². The molecule has 5 heteroatoms. The first-order chi connectivity index (χ1) is 12.0. The van der Waals surface area contributed by atoms with Crippen LogP contribution in [0.1, 0.15) is 22.5 Å². The third-order valence-electron chi connectivity index (χ3n) is 4.24. The number of carbonyl (C=O) groups excluding carboxylic acids is 1. The maximum atomic E-state index is 12.5. The van der Waals surface area contributed by atoms with Crippen molar-refractivity contribution in [2.45, 2.75) is 27.2 Å². The summed E-state index contributed by atoms with van der Waals surface area (Å²) in [5.74, 6) is -0.0655. The van der Waals surface area contributed by atoms with Crippen LogP contribution in [-0.2, 0) is 11.2 Å². The number of rotatable bonds is 4. The third kappa shape index (κ3) is 3.74. The van der Waals surface area contributed by atoms with E-state index in [1.165, 1.54) is 0 Å². The number of amides is 1. The summed E-state index contributed by atoms with van der Waals surface area (Å²) in [6.07, 6.45) is 0.284. The fraction of sp³-hybridized carbons (Fsp3) is 0.200. The second-order valence-electron chi connectivity index (χ2n) is 6.08. The second-order valence-corrected chi connectivity index (χ2v) is 6.52. The van der Waals surface area contributed by atoms with Gasteiger partial charge in [-0.1, -0.05) is 29.8 Å². The van der Waals surface area contributed by atoms with E-state index in [9.17, 15) is 4.79 Å². The van der Waals surface area contributed by atoms with E-state index in [2.05, 4.69) is 10.4 Å². The summed E-state index contributed by atoms with van der Waals surface area (Å²) in [5.41, 5.74) is 5.50. The molecule has 1 amide bonds. The Hall–Kier alpha value is -2.59. The molecule has 3 rings (SSSR count). The Kier molecular flexibility index (Phi) is 4.91. The standard InChI is InChI=1S/C20H20ClN3O/c1-13-11-16(21)9-10-19(13)22-20(25)12-18-14(2)23-24(15(18)3)17-7-5-4-6-8-17/h4-11H,12H2,1-3H3,(H,22,25). The number of para-hydroxylation sites is 1. The van der Waals surface area contributed by atoms with Gasteiger partial charge in [-0.15, -0.1) is 0 Å². The van der Waals surface area contributed by atoms with Gasteiger partial charge in [0.1, 0.15) is 0 Å². The first-order valence-corrected chi connectivity index (χ1v) is 8.50. The average Bonchev–Trinajstić information content (AvgIpc) is 2.86. The van der Waals surface area contributed by atoms with Crippen LogP contribution in [0.4, 0.5) is 5.69 Å². The van der Waals surface area contributed by atoms with Crippen molar-refractivity contribution in [3.63, 3.8) is 0 Å². The van der Waals surface area contributed by atoms with Gasteiger partial charge in [-0.05, 0) is 56.7 Å². The molecule has 0 radical (unpaired) electrons. The molecule has 1 aromatic heterocycles. The Balaban J connectivity index is 1.81. The highest BCUT2D eigenvalue weighted by Gasteiger charge is 2.16. The zero-order valence-corrected chi connectivity index (χ0v) is 15.3. The Morgan fingerprint density at radius 3 is 2.52 bits per heavy atom. The van der Waals surface area contributed by atoms with Crippen molar-refractivity contribution < 1.29 is 4.79 Å². The normalized spacial score (nSPS) is 10.7. The van der Waals surface area contributed by atoms with E-state index in [-0.39, 0.29) is 12.3 Å². The molecule has 0 spiro atoms. The SMILES string of the molecule is Cc1cc(Cl)ccc1NC(=O)Cc1c(C)nn(-c2ccccc2)c1C. The molecule has 0 saturated heterocycles. The number of carbonyl (C=O) groups is 1. The largest absolute Gasteiger partial charge is 0.326 e. The highest BCUT2D eigenvalue weighted by Crippen LogP contribution is 2.21. The lowest BCUT2D eigenvalue weighted by atomic mass is 10.1. The monoisotopic (exact) mass is 353 g/mol. The van der Waals surface area contributed by atoms with Crippen molar-refractivity contribution in [3.05, 3.63) is 76.1 Å². The fourth-order valence-electron chi connectivity index (χ4n) is 2.87. The Bertz CT molecular complexity index is 916. The predicted molar refractivity (Wildman–Crippen MR) is 102 cm³/mol. The van der Waals surface area contributed by atoms with Crippen molar-refractivity contribution >= 4 is 23.2 Å². The van der Waals surface area contributed by atoms with E-state index in [0.29, 0.717) is 5.02 Å². The smallest absolute Gasteiger partial charge is 0.228 e. The number of benzene rings is 2. The van der Waals surface area contributed by atoms with Gasteiger partial charge in [0, 0.05) is 22.0 Å². The minimum atomic E-state index is -0.0655. The number of hydrogen-bond acceptors (Lipinski definition) is 2. The van der Waals surface area contributed by atoms with E-state index >= 15 is 0 Å². The summed E-state index contributed by atoms with van der Waals surface area (Å²) in [4.78, 5) is 12.5. The lowest BCUT2D eigenvalue weighted by Crippen LogP contribution is -2.16. The van der Waals surface area contributed by atoms with Crippen LogP contribution in [0, 0.1) is 20.8 Å². The third-order valence-corrected chi connectivity index (χ3v) is 4.48. The van der Waals surface area contributed by atoms with Gasteiger partial charge in [0.2, 0.25) is 5.91 Å². The molecule has 0 saturated carbocycles. The van der Waals surface area contributed by atoms with Crippen molar-refractivity contribution in [1.29, 1.82) is 0 Å². The summed E-state index contributed by atoms with van der Waals surface area (Å²) in [6.45, 7) is 5.84. The molecule has 128 valence electrons. The van der Waals surface area contributed by atoms with Gasteiger partial charge in [0.05, 0.1) is 17.8 Å². The molecular formula is C20H20ClN3O. The van der Waals surface area contributed by atoms with Crippen molar-refractivity contribution in [1.82, 2.24) is 9.78 Å². The molecule has 1 N–H and O–H groups in total. The maximum Gasteiger partial charge on any atom is 0.228 e. The molecule has 0 aliphatic carbocycles. The van der Waals surface area contributed by atoms with Crippen LogP contribution in [-0.4, -0.2) is 15.7 Å². The minimum Gasteiger partial charge on any atom is -0.326 e. The second kappa shape index (κ2) is 7.11. The molecule has 0 unspecified atom stereocenters. The molecule has 4 nitrogen and oxygen atoms in total. The number of halogens is 1. The quantitative estimate of drug-likeness (QED) is 0.743. The summed E-state index contributed by atoms with van der Waals surface area (Å²) < 4.78 is 1.88. The van der Waals surface area contributed by atoms with E-state index < -0.39 is 0 Å². The zero-order chi connectivity index (χ0) is 18.0. The lowest BCUT2D eigenvalue weighted by Gasteiger charge is -2.09. The first-order valence-electron chi connectivity index (χ1n) is 8.12.